The van der Waals surface area contributed by atoms with Gasteiger partial charge in [-0.2, -0.15) is 0 Å². The van der Waals surface area contributed by atoms with Gasteiger partial charge in [0, 0.05) is 41.8 Å². The Balaban J connectivity index is 1.10. The summed E-state index contributed by atoms with van der Waals surface area (Å²) in [5.74, 6) is 2.50. The summed E-state index contributed by atoms with van der Waals surface area (Å²) in [5, 5.41) is 2.35. The van der Waals surface area contributed by atoms with Crippen LogP contribution in [0.1, 0.15) is 26.3 Å². The molecule has 0 bridgehead atoms. The molecule has 2 aliphatic rings. The maximum absolute atomic E-state index is 6.84. The Labute approximate surface area is 310 Å². The average Bonchev–Trinajstić information content (AvgIpc) is 3.81. The number of hydrogen-bond donors (Lipinski definition) is 0. The van der Waals surface area contributed by atoms with E-state index in [-0.39, 0.29) is 12.1 Å². The molecule has 0 N–H and O–H groups in total. The van der Waals surface area contributed by atoms with Gasteiger partial charge in [0.25, 0.3) is 0 Å². The summed E-state index contributed by atoms with van der Waals surface area (Å²) < 4.78 is 9.14. The van der Waals surface area contributed by atoms with Crippen LogP contribution in [0.3, 0.4) is 0 Å². The molecular weight excluding hydrogens is 647 g/mol. The Hall–Kier alpha value is -6.27. The Morgan fingerprint density at radius 1 is 0.623 bits per heavy atom. The van der Waals surface area contributed by atoms with Crippen molar-refractivity contribution >= 4 is 62.0 Å². The molecule has 10 rings (SSSR count). The molecule has 53 heavy (non-hydrogen) atoms. The maximum Gasteiger partial charge on any atom is 0.243 e. The number of pyridine rings is 1. The van der Waals surface area contributed by atoms with Gasteiger partial charge in [-0.05, 0) is 70.6 Å². The van der Waals surface area contributed by atoms with E-state index >= 15 is 0 Å². The lowest BCUT2D eigenvalue weighted by Gasteiger charge is -2.25. The third kappa shape index (κ3) is 5.12. The topological polar surface area (TPSA) is 33.5 Å². The van der Waals surface area contributed by atoms with E-state index in [2.05, 4.69) is 194 Å². The van der Waals surface area contributed by atoms with Crippen molar-refractivity contribution in [3.8, 4) is 28.4 Å². The first-order valence-electron chi connectivity index (χ1n) is 18.4. The smallest absolute Gasteiger partial charge is 0.243 e. The Morgan fingerprint density at radius 2 is 1.36 bits per heavy atom. The van der Waals surface area contributed by atoms with Crippen LogP contribution >= 0.6 is 0 Å². The first-order valence-corrected chi connectivity index (χ1v) is 18.4. The second-order valence-corrected chi connectivity index (χ2v) is 15.4. The molecule has 6 aromatic carbocycles. The molecular formula is C47H39BN4O. The highest BCUT2D eigenvalue weighted by atomic mass is 16.5. The molecule has 6 heteroatoms. The number of para-hydroxylation sites is 3. The summed E-state index contributed by atoms with van der Waals surface area (Å²) >= 11 is 0. The first-order chi connectivity index (χ1) is 25.8. The van der Waals surface area contributed by atoms with Crippen LogP contribution in [0.2, 0.25) is 0 Å². The number of nitrogens with zero attached hydrogens (tertiary/aromatic N) is 4. The standard InChI is InChI=1S/C47H39BN4O/c1-47(2,3)31-24-33(51-30-50(4)43-20-12-13-21-44(43)51)26-35(25-31)53-34-22-23-38-37-17-9-11-19-42(37)52(45(38)27-34)46-28-41-39(29-49-46)36-16-8-10-18-40(36)48(41)32-14-6-5-7-15-32/h5-29H,30H2,1-4H3. The lowest BCUT2D eigenvalue weighted by molar-refractivity contribution is 0.479. The first kappa shape index (κ1) is 31.5. The van der Waals surface area contributed by atoms with Gasteiger partial charge in [0.15, 0.2) is 0 Å². The average molecular weight is 687 g/mol. The fourth-order valence-corrected chi connectivity index (χ4v) is 8.44. The normalized spacial score (nSPS) is 13.5. The Bertz CT molecular complexity index is 2710. The van der Waals surface area contributed by atoms with Crippen LogP contribution in [-0.2, 0) is 5.41 Å². The van der Waals surface area contributed by atoms with E-state index in [1.54, 1.807) is 0 Å². The molecule has 0 aliphatic carbocycles. The molecule has 0 saturated carbocycles. The molecule has 0 radical (unpaired) electrons. The van der Waals surface area contributed by atoms with Crippen LogP contribution in [0.25, 0.3) is 38.8 Å². The summed E-state index contributed by atoms with van der Waals surface area (Å²) in [4.78, 5) is 9.83. The zero-order valence-corrected chi connectivity index (χ0v) is 30.4. The van der Waals surface area contributed by atoms with Crippen molar-refractivity contribution in [2.45, 2.75) is 26.2 Å². The van der Waals surface area contributed by atoms with Crippen LogP contribution in [0, 0.1) is 0 Å². The minimum Gasteiger partial charge on any atom is -0.457 e. The highest BCUT2D eigenvalue weighted by Gasteiger charge is 2.34. The second-order valence-electron chi connectivity index (χ2n) is 15.4. The van der Waals surface area contributed by atoms with Gasteiger partial charge in [-0.25, -0.2) is 4.98 Å². The molecule has 8 aromatic rings. The number of fused-ring (bicyclic) bond motifs is 7. The predicted octanol–water partition coefficient (Wildman–Crippen LogP) is 9.31. The molecule has 0 unspecified atom stereocenters. The van der Waals surface area contributed by atoms with Crippen molar-refractivity contribution in [2.24, 2.45) is 0 Å². The van der Waals surface area contributed by atoms with Crippen molar-refractivity contribution in [1.29, 1.82) is 0 Å². The van der Waals surface area contributed by atoms with Gasteiger partial charge in [-0.1, -0.05) is 122 Å². The van der Waals surface area contributed by atoms with Crippen molar-refractivity contribution in [2.75, 3.05) is 23.5 Å². The molecule has 2 aliphatic heterocycles. The number of hydrogen-bond acceptors (Lipinski definition) is 4. The van der Waals surface area contributed by atoms with Gasteiger partial charge in [0.1, 0.15) is 17.3 Å². The predicted molar refractivity (Wildman–Crippen MR) is 222 cm³/mol. The van der Waals surface area contributed by atoms with E-state index < -0.39 is 0 Å². The van der Waals surface area contributed by atoms with Gasteiger partial charge in [0.05, 0.1) is 29.1 Å². The Morgan fingerprint density at radius 3 is 2.21 bits per heavy atom. The van der Waals surface area contributed by atoms with Crippen molar-refractivity contribution in [1.82, 2.24) is 9.55 Å². The quantitative estimate of drug-likeness (QED) is 0.169. The number of ether oxygens (including phenoxy) is 1. The maximum atomic E-state index is 6.84. The van der Waals surface area contributed by atoms with E-state index in [0.29, 0.717) is 0 Å². The third-order valence-corrected chi connectivity index (χ3v) is 11.0. The van der Waals surface area contributed by atoms with E-state index in [9.17, 15) is 0 Å². The summed E-state index contributed by atoms with van der Waals surface area (Å²) in [7, 11) is 2.15. The van der Waals surface area contributed by atoms with E-state index in [1.165, 1.54) is 55.2 Å². The summed E-state index contributed by atoms with van der Waals surface area (Å²) in [5.41, 5.74) is 13.2. The number of benzene rings is 6. The van der Waals surface area contributed by atoms with Gasteiger partial charge in [-0.15, -0.1) is 0 Å². The molecule has 0 spiro atoms. The number of aromatic nitrogens is 2. The van der Waals surface area contributed by atoms with E-state index in [0.717, 1.165) is 40.7 Å². The molecule has 0 amide bonds. The molecule has 4 heterocycles. The monoisotopic (exact) mass is 686 g/mol. The van der Waals surface area contributed by atoms with Crippen LogP contribution in [0.15, 0.2) is 152 Å². The largest absolute Gasteiger partial charge is 0.457 e. The van der Waals surface area contributed by atoms with Crippen LogP contribution in [0.5, 0.6) is 11.5 Å². The lowest BCUT2D eigenvalue weighted by Crippen LogP contribution is -2.48. The highest BCUT2D eigenvalue weighted by molar-refractivity contribution is 6.99. The SMILES string of the molecule is CN1CN(c2cc(Oc3ccc4c5ccccc5n(-c5cc6c(cn5)-c5ccccc5B6c5ccccc5)c4c3)cc(C(C)(C)C)c2)c2ccccc21. The van der Waals surface area contributed by atoms with Crippen LogP contribution in [-0.4, -0.2) is 30.0 Å². The van der Waals surface area contributed by atoms with Gasteiger partial charge < -0.3 is 14.5 Å². The van der Waals surface area contributed by atoms with Crippen LogP contribution < -0.4 is 30.9 Å². The van der Waals surface area contributed by atoms with E-state index in [4.69, 9.17) is 9.72 Å². The zero-order chi connectivity index (χ0) is 35.8. The Kier molecular flexibility index (Phi) is 7.06. The van der Waals surface area contributed by atoms with Crippen molar-refractivity contribution < 1.29 is 4.74 Å². The zero-order valence-electron chi connectivity index (χ0n) is 30.4. The van der Waals surface area contributed by atoms with Gasteiger partial charge >= 0.3 is 0 Å². The fraction of sp³-hybridized carbons (Fsp3) is 0.128. The van der Waals surface area contributed by atoms with Crippen molar-refractivity contribution in [3.63, 3.8) is 0 Å². The van der Waals surface area contributed by atoms with E-state index in [1.807, 2.05) is 0 Å². The third-order valence-electron chi connectivity index (χ3n) is 11.0. The molecule has 5 nitrogen and oxygen atoms in total. The molecule has 0 atom stereocenters. The summed E-state index contributed by atoms with van der Waals surface area (Å²) in [6, 6.07) is 52.3. The molecule has 2 aromatic heterocycles. The molecule has 0 fully saturated rings. The van der Waals surface area contributed by atoms with Crippen LogP contribution in [0.4, 0.5) is 17.1 Å². The molecule has 256 valence electrons. The minimum atomic E-state index is -0.0633. The molecule has 0 saturated heterocycles. The minimum absolute atomic E-state index is 0.0633. The number of rotatable bonds is 5. The summed E-state index contributed by atoms with van der Waals surface area (Å²) in [6.45, 7) is 7.70. The number of anilines is 3. The fourth-order valence-electron chi connectivity index (χ4n) is 8.44. The van der Waals surface area contributed by atoms with Crippen molar-refractivity contribution in [3.05, 3.63) is 157 Å². The second kappa shape index (κ2) is 11.9. The van der Waals surface area contributed by atoms with Gasteiger partial charge in [-0.3, -0.25) is 4.57 Å². The lowest BCUT2D eigenvalue weighted by atomic mass is 9.39. The highest BCUT2D eigenvalue weighted by Crippen LogP contribution is 2.43. The van der Waals surface area contributed by atoms with Gasteiger partial charge in [0.2, 0.25) is 6.71 Å². The summed E-state index contributed by atoms with van der Waals surface area (Å²) in [6.07, 6.45) is 2.07.